The molecule has 0 fully saturated rings. The topological polar surface area (TPSA) is 114 Å². The summed E-state index contributed by atoms with van der Waals surface area (Å²) in [6.07, 6.45) is 7.95. The lowest BCUT2D eigenvalue weighted by molar-refractivity contribution is 0.116. The van der Waals surface area contributed by atoms with Gasteiger partial charge in [0, 0.05) is 44.0 Å². The molecule has 2 aromatic carbocycles. The molecular weight excluding hydrogens is 537 g/mol. The van der Waals surface area contributed by atoms with Gasteiger partial charge in [0.1, 0.15) is 24.1 Å². The Balaban J connectivity index is 1.28. The number of benzene rings is 2. The number of nitrogens with one attached hydrogen (secondary N) is 2. The van der Waals surface area contributed by atoms with E-state index in [9.17, 15) is 14.0 Å². The highest BCUT2D eigenvalue weighted by atomic mass is 35.5. The van der Waals surface area contributed by atoms with Crippen LogP contribution >= 0.6 is 11.6 Å². The van der Waals surface area contributed by atoms with E-state index < -0.39 is 24.0 Å². The minimum Gasteiger partial charge on any atom is -0.447 e. The summed E-state index contributed by atoms with van der Waals surface area (Å²) in [5.74, 6) is 0.418. The summed E-state index contributed by atoms with van der Waals surface area (Å²) in [5.41, 5.74) is 1.22. The van der Waals surface area contributed by atoms with Gasteiger partial charge in [-0.15, -0.1) is 0 Å². The number of imidazole rings is 1. The highest BCUT2D eigenvalue weighted by Crippen LogP contribution is 2.20. The van der Waals surface area contributed by atoms with Crippen LogP contribution in [0.5, 0.6) is 0 Å². The van der Waals surface area contributed by atoms with Gasteiger partial charge >= 0.3 is 12.1 Å². The first-order valence-corrected chi connectivity index (χ1v) is 12.7. The molecule has 3 heterocycles. The molecule has 0 aliphatic heterocycles. The van der Waals surface area contributed by atoms with Crippen molar-refractivity contribution in [3.8, 4) is 0 Å². The first-order chi connectivity index (χ1) is 19.4. The van der Waals surface area contributed by atoms with Crippen LogP contribution < -0.4 is 10.6 Å². The summed E-state index contributed by atoms with van der Waals surface area (Å²) < 4.78 is 21.2. The average Bonchev–Trinajstić information content (AvgIpc) is 3.38. The zero-order chi connectivity index (χ0) is 28.1. The van der Waals surface area contributed by atoms with Crippen molar-refractivity contribution in [3.63, 3.8) is 0 Å². The van der Waals surface area contributed by atoms with Gasteiger partial charge in [-0.1, -0.05) is 48.0 Å². The predicted octanol–water partition coefficient (Wildman–Crippen LogP) is 5.07. The molecule has 0 aliphatic carbocycles. The number of amides is 3. The monoisotopic (exact) mass is 561 g/mol. The Bertz CT molecular complexity index is 1680. The molecule has 10 nitrogen and oxygen atoms in total. The molecule has 5 rings (SSSR count). The maximum Gasteiger partial charge on any atom is 0.412 e. The molecule has 0 saturated heterocycles. The second-order valence-electron chi connectivity index (χ2n) is 9.03. The van der Waals surface area contributed by atoms with Crippen molar-refractivity contribution >= 4 is 45.8 Å². The standard InChI is InChI=1S/C28H25ClFN7O3/c1-36(27(38)34-14-20-7-4-8-23(30)26(20)29)21(12-25-33-16-22-15-31-9-10-37(22)25)17-40-28(39)35-24-11-18-5-2-3-6-19(18)13-32-24/h2-11,13,15-16,21H,12,14,17H2,1H3,(H,34,38)(H,32,35,39)/t21-/m0/s1. The molecular formula is C28H25ClFN7O3. The zero-order valence-corrected chi connectivity index (χ0v) is 22.2. The number of rotatable bonds is 8. The third kappa shape index (κ3) is 6.10. The highest BCUT2D eigenvalue weighted by molar-refractivity contribution is 6.31. The lowest BCUT2D eigenvalue weighted by Gasteiger charge is -2.28. The van der Waals surface area contributed by atoms with E-state index in [0.717, 1.165) is 16.3 Å². The Morgan fingerprint density at radius 3 is 2.77 bits per heavy atom. The first-order valence-electron chi connectivity index (χ1n) is 12.4. The molecule has 0 bridgehead atoms. The van der Waals surface area contributed by atoms with Crippen LogP contribution in [0.25, 0.3) is 16.3 Å². The lowest BCUT2D eigenvalue weighted by Crippen LogP contribution is -2.47. The molecule has 1 atom stereocenters. The van der Waals surface area contributed by atoms with Crippen LogP contribution in [0.3, 0.4) is 0 Å². The van der Waals surface area contributed by atoms with Crippen LogP contribution in [0.4, 0.5) is 19.8 Å². The number of aromatic nitrogens is 4. The van der Waals surface area contributed by atoms with Crippen LogP contribution in [0.1, 0.15) is 11.4 Å². The number of ether oxygens (including phenoxy) is 1. The lowest BCUT2D eigenvalue weighted by atomic mass is 10.2. The van der Waals surface area contributed by atoms with E-state index in [4.69, 9.17) is 16.3 Å². The Morgan fingerprint density at radius 1 is 1.10 bits per heavy atom. The van der Waals surface area contributed by atoms with Crippen LogP contribution in [0, 0.1) is 5.82 Å². The van der Waals surface area contributed by atoms with Crippen molar-refractivity contribution in [2.24, 2.45) is 0 Å². The number of pyridine rings is 1. The summed E-state index contributed by atoms with van der Waals surface area (Å²) in [7, 11) is 1.58. The van der Waals surface area contributed by atoms with Crippen molar-refractivity contribution in [2.45, 2.75) is 19.0 Å². The van der Waals surface area contributed by atoms with Crippen LogP contribution in [0.15, 0.2) is 79.5 Å². The molecule has 0 aliphatic rings. The minimum absolute atomic E-state index is 0.0133. The summed E-state index contributed by atoms with van der Waals surface area (Å²) in [4.78, 5) is 40.0. The second kappa shape index (κ2) is 12.0. The van der Waals surface area contributed by atoms with Crippen LogP contribution in [0.2, 0.25) is 5.02 Å². The second-order valence-corrected chi connectivity index (χ2v) is 9.40. The summed E-state index contributed by atoms with van der Waals surface area (Å²) >= 11 is 6.03. The smallest absolute Gasteiger partial charge is 0.412 e. The number of urea groups is 1. The summed E-state index contributed by atoms with van der Waals surface area (Å²) in [6, 6.07) is 12.7. The number of carbonyl (C=O) groups excluding carboxylic acids is 2. The molecule has 40 heavy (non-hydrogen) atoms. The van der Waals surface area contributed by atoms with E-state index >= 15 is 0 Å². The molecule has 204 valence electrons. The van der Waals surface area contributed by atoms with Crippen molar-refractivity contribution in [1.29, 1.82) is 0 Å². The number of halogens is 2. The Hall–Kier alpha value is -4.77. The largest absolute Gasteiger partial charge is 0.447 e. The SMILES string of the molecule is CN(C(=O)NCc1cccc(F)c1Cl)[C@H](COC(=O)Nc1cc2ccccc2cn1)Cc1ncc2cnccn12. The van der Waals surface area contributed by atoms with E-state index in [1.54, 1.807) is 50.2 Å². The molecule has 5 aromatic rings. The van der Waals surface area contributed by atoms with Crippen molar-refractivity contribution in [3.05, 3.63) is 102 Å². The van der Waals surface area contributed by atoms with Gasteiger partial charge in [0.25, 0.3) is 0 Å². The molecule has 3 aromatic heterocycles. The number of hydrogen-bond acceptors (Lipinski definition) is 6. The van der Waals surface area contributed by atoms with Gasteiger partial charge in [0.2, 0.25) is 0 Å². The van der Waals surface area contributed by atoms with E-state index in [-0.39, 0.29) is 24.6 Å². The molecule has 0 saturated carbocycles. The van der Waals surface area contributed by atoms with Crippen molar-refractivity contribution < 1.29 is 18.7 Å². The highest BCUT2D eigenvalue weighted by Gasteiger charge is 2.24. The van der Waals surface area contributed by atoms with Crippen molar-refractivity contribution in [2.75, 3.05) is 19.0 Å². The molecule has 12 heteroatoms. The van der Waals surface area contributed by atoms with E-state index in [1.807, 2.05) is 28.7 Å². The molecule has 2 N–H and O–H groups in total. The molecule has 0 unspecified atom stereocenters. The third-order valence-corrected chi connectivity index (χ3v) is 6.85. The number of anilines is 1. The van der Waals surface area contributed by atoms with Gasteiger partial charge in [-0.25, -0.2) is 23.9 Å². The van der Waals surface area contributed by atoms with E-state index in [1.165, 1.54) is 17.0 Å². The maximum absolute atomic E-state index is 13.8. The zero-order valence-electron chi connectivity index (χ0n) is 21.4. The third-order valence-electron chi connectivity index (χ3n) is 6.43. The number of hydrogen-bond donors (Lipinski definition) is 2. The van der Waals surface area contributed by atoms with Gasteiger partial charge < -0.3 is 19.4 Å². The van der Waals surface area contributed by atoms with Gasteiger partial charge in [0.05, 0.1) is 29.0 Å². The van der Waals surface area contributed by atoms with Gasteiger partial charge in [0.15, 0.2) is 0 Å². The van der Waals surface area contributed by atoms with Crippen molar-refractivity contribution in [1.82, 2.24) is 29.6 Å². The fourth-order valence-electron chi connectivity index (χ4n) is 4.19. The molecule has 0 radical (unpaired) electrons. The fraction of sp³-hybridized carbons (Fsp3) is 0.179. The number of carbonyl (C=O) groups is 2. The van der Waals surface area contributed by atoms with Gasteiger partial charge in [-0.05, 0) is 23.1 Å². The maximum atomic E-state index is 13.8. The predicted molar refractivity (Wildman–Crippen MR) is 149 cm³/mol. The number of likely N-dealkylation sites (N-methyl/N-ethyl adjacent to an activating group) is 1. The number of nitrogens with zero attached hydrogens (tertiary/aromatic N) is 5. The Labute approximate surface area is 233 Å². The fourth-order valence-corrected chi connectivity index (χ4v) is 4.38. The van der Waals surface area contributed by atoms with Crippen LogP contribution in [-0.4, -0.2) is 56.1 Å². The Kier molecular flexibility index (Phi) is 8.02. The minimum atomic E-state index is -0.717. The van der Waals surface area contributed by atoms with E-state index in [2.05, 4.69) is 25.6 Å². The summed E-state index contributed by atoms with van der Waals surface area (Å²) in [6.45, 7) is -0.122. The number of fused-ring (bicyclic) bond motifs is 2. The average molecular weight is 562 g/mol. The van der Waals surface area contributed by atoms with Gasteiger partial charge in [-0.3, -0.25) is 10.3 Å². The molecule has 0 spiro atoms. The quantitative estimate of drug-likeness (QED) is 0.273. The van der Waals surface area contributed by atoms with Gasteiger partial charge in [-0.2, -0.15) is 0 Å². The first kappa shape index (κ1) is 26.8. The Morgan fingerprint density at radius 2 is 1.93 bits per heavy atom. The van der Waals surface area contributed by atoms with Crippen LogP contribution in [-0.2, 0) is 17.7 Å². The summed E-state index contributed by atoms with van der Waals surface area (Å²) in [5, 5.41) is 7.18. The normalized spacial score (nSPS) is 11.8. The molecule has 3 amide bonds. The van der Waals surface area contributed by atoms with E-state index in [0.29, 0.717) is 17.2 Å².